The summed E-state index contributed by atoms with van der Waals surface area (Å²) >= 11 is 0. The fourth-order valence-electron chi connectivity index (χ4n) is 4.26. The van der Waals surface area contributed by atoms with Gasteiger partial charge in [-0.3, -0.25) is 14.1 Å². The molecule has 0 bridgehead atoms. The number of halogens is 3. The molecule has 2 heterocycles. The number of carboxylic acid groups (broad SMARTS) is 1. The lowest BCUT2D eigenvalue weighted by Crippen LogP contribution is -2.29. The first-order chi connectivity index (χ1) is 19.3. The lowest BCUT2D eigenvalue weighted by Gasteiger charge is -2.15. The number of imidazole rings is 1. The molecule has 3 N–H and O–H groups in total. The van der Waals surface area contributed by atoms with Gasteiger partial charge in [-0.15, -0.1) is 12.4 Å². The third-order valence-corrected chi connectivity index (χ3v) is 6.30. The number of likely N-dealkylation sites (N-methyl/N-ethyl adjacent to an activating group) is 1. The summed E-state index contributed by atoms with van der Waals surface area (Å²) in [4.78, 5) is 21.2. The van der Waals surface area contributed by atoms with Crippen LogP contribution < -0.4 is 15.4 Å². The van der Waals surface area contributed by atoms with Crippen LogP contribution in [0.1, 0.15) is 12.5 Å². The number of benzene rings is 2. The zero-order valence-corrected chi connectivity index (χ0v) is 23.8. The van der Waals surface area contributed by atoms with Crippen molar-refractivity contribution in [2.24, 2.45) is 0 Å². The number of fused-ring (bicyclic) bond motifs is 1. The standard InChI is InChI=1S/C28H32F2N6O4.ClH/c1-4-18-15-19(5-7-21(18)31-10-13-40-14-12-35(2)17-24(37)38)34-27-28-33-16-22(36(28)11-9-32-27)20-6-8-23(39-3)26(30)25(20)29;/h5-9,11,15-16,31H,4,10,12-14,17H2,1-3H3,(H,32,34)(H,37,38);1H. The Bertz CT molecular complexity index is 1490. The van der Waals surface area contributed by atoms with Crippen LogP contribution in [0.15, 0.2) is 48.9 Å². The molecule has 0 spiro atoms. The molecule has 0 aliphatic rings. The van der Waals surface area contributed by atoms with E-state index in [1.807, 2.05) is 18.2 Å². The summed E-state index contributed by atoms with van der Waals surface area (Å²) in [6.45, 7) is 4.11. The van der Waals surface area contributed by atoms with Crippen LogP contribution in [-0.2, 0) is 16.0 Å². The third kappa shape index (κ3) is 7.60. The van der Waals surface area contributed by atoms with Crippen LogP contribution in [0.3, 0.4) is 0 Å². The average molecular weight is 591 g/mol. The molecule has 0 radical (unpaired) electrons. The van der Waals surface area contributed by atoms with Gasteiger partial charge in [-0.05, 0) is 49.4 Å². The fraction of sp³-hybridized carbons (Fsp3) is 0.321. The maximum atomic E-state index is 14.8. The van der Waals surface area contributed by atoms with E-state index in [-0.39, 0.29) is 30.3 Å². The van der Waals surface area contributed by atoms with Crippen molar-refractivity contribution in [1.82, 2.24) is 19.3 Å². The molecule has 4 rings (SSSR count). The number of aliphatic carboxylic acids is 1. The van der Waals surface area contributed by atoms with E-state index in [2.05, 4.69) is 27.5 Å². The summed E-state index contributed by atoms with van der Waals surface area (Å²) in [5.74, 6) is -2.64. The first-order valence-electron chi connectivity index (χ1n) is 12.8. The zero-order chi connectivity index (χ0) is 28.6. The monoisotopic (exact) mass is 590 g/mol. The average Bonchev–Trinajstić information content (AvgIpc) is 3.37. The quantitative estimate of drug-likeness (QED) is 0.177. The normalized spacial score (nSPS) is 11.0. The first-order valence-corrected chi connectivity index (χ1v) is 12.8. The molecule has 2 aromatic carbocycles. The maximum absolute atomic E-state index is 14.8. The Kier molecular flexibility index (Phi) is 11.2. The summed E-state index contributed by atoms with van der Waals surface area (Å²) in [5.41, 5.74) is 3.75. The van der Waals surface area contributed by atoms with Crippen molar-refractivity contribution in [3.8, 4) is 17.0 Å². The van der Waals surface area contributed by atoms with Crippen LogP contribution in [0, 0.1) is 11.6 Å². The minimum absolute atomic E-state index is 0. The highest BCUT2D eigenvalue weighted by Gasteiger charge is 2.19. The SMILES string of the molecule is CCc1cc(Nc2nccn3c(-c4ccc(OC)c(F)c4F)cnc23)ccc1NCCOCCN(C)CC(=O)O.Cl. The summed E-state index contributed by atoms with van der Waals surface area (Å²) in [6.07, 6.45) is 5.46. The number of nitrogens with zero attached hydrogens (tertiary/aromatic N) is 4. The highest BCUT2D eigenvalue weighted by Crippen LogP contribution is 2.32. The summed E-state index contributed by atoms with van der Waals surface area (Å²) < 4.78 is 41.2. The Morgan fingerprint density at radius 2 is 1.95 bits per heavy atom. The second-order valence-electron chi connectivity index (χ2n) is 9.08. The highest BCUT2D eigenvalue weighted by atomic mass is 35.5. The minimum atomic E-state index is -1.06. The van der Waals surface area contributed by atoms with Gasteiger partial charge in [0.25, 0.3) is 0 Å². The van der Waals surface area contributed by atoms with Gasteiger partial charge in [0.2, 0.25) is 5.82 Å². The van der Waals surface area contributed by atoms with Crippen molar-refractivity contribution in [3.05, 3.63) is 66.1 Å². The fourth-order valence-corrected chi connectivity index (χ4v) is 4.26. The molecule has 13 heteroatoms. The first kappa shape index (κ1) is 31.5. The van der Waals surface area contributed by atoms with E-state index in [0.29, 0.717) is 43.5 Å². The molecule has 0 fully saturated rings. The Balaban J connectivity index is 0.00000462. The largest absolute Gasteiger partial charge is 0.494 e. The van der Waals surface area contributed by atoms with Gasteiger partial charge in [0.1, 0.15) is 0 Å². The van der Waals surface area contributed by atoms with Crippen molar-refractivity contribution in [2.45, 2.75) is 13.3 Å². The number of rotatable bonds is 14. The van der Waals surface area contributed by atoms with E-state index in [4.69, 9.17) is 14.6 Å². The zero-order valence-electron chi connectivity index (χ0n) is 23.0. The number of aromatic nitrogens is 3. The van der Waals surface area contributed by atoms with Crippen molar-refractivity contribution in [2.75, 3.05) is 57.6 Å². The van der Waals surface area contributed by atoms with Crippen LogP contribution >= 0.6 is 12.4 Å². The van der Waals surface area contributed by atoms with Crippen LogP contribution in [0.25, 0.3) is 16.9 Å². The lowest BCUT2D eigenvalue weighted by molar-refractivity contribution is -0.138. The predicted molar refractivity (Wildman–Crippen MR) is 156 cm³/mol. The van der Waals surface area contributed by atoms with Crippen molar-refractivity contribution < 1.29 is 28.2 Å². The molecule has 0 atom stereocenters. The van der Waals surface area contributed by atoms with E-state index in [0.717, 1.165) is 23.4 Å². The molecule has 0 aliphatic heterocycles. The molecular weight excluding hydrogens is 558 g/mol. The number of hydrogen-bond acceptors (Lipinski definition) is 8. The van der Waals surface area contributed by atoms with E-state index < -0.39 is 17.6 Å². The molecule has 0 aliphatic carbocycles. The summed E-state index contributed by atoms with van der Waals surface area (Å²) in [5, 5.41) is 15.5. The Morgan fingerprint density at radius 1 is 1.15 bits per heavy atom. The number of hydrogen-bond donors (Lipinski definition) is 3. The minimum Gasteiger partial charge on any atom is -0.494 e. The van der Waals surface area contributed by atoms with E-state index in [1.54, 1.807) is 28.7 Å². The summed E-state index contributed by atoms with van der Waals surface area (Å²) in [7, 11) is 3.02. The van der Waals surface area contributed by atoms with Crippen LogP contribution in [0.5, 0.6) is 5.75 Å². The number of methoxy groups -OCH3 is 1. The van der Waals surface area contributed by atoms with E-state index in [1.165, 1.54) is 25.4 Å². The molecule has 0 saturated carbocycles. The maximum Gasteiger partial charge on any atom is 0.317 e. The Morgan fingerprint density at radius 3 is 2.68 bits per heavy atom. The van der Waals surface area contributed by atoms with Gasteiger partial charge in [0, 0.05) is 42.4 Å². The molecule has 0 saturated heterocycles. The van der Waals surface area contributed by atoms with E-state index in [9.17, 15) is 13.6 Å². The van der Waals surface area contributed by atoms with Gasteiger partial charge < -0.3 is 25.2 Å². The van der Waals surface area contributed by atoms with Crippen molar-refractivity contribution in [3.63, 3.8) is 0 Å². The summed E-state index contributed by atoms with van der Waals surface area (Å²) in [6, 6.07) is 8.72. The molecule has 41 heavy (non-hydrogen) atoms. The van der Waals surface area contributed by atoms with Gasteiger partial charge in [-0.1, -0.05) is 6.92 Å². The topological polar surface area (TPSA) is 113 Å². The Hall–Kier alpha value is -4.00. The van der Waals surface area contributed by atoms with Crippen molar-refractivity contribution >= 4 is 41.2 Å². The smallest absolute Gasteiger partial charge is 0.317 e. The second-order valence-corrected chi connectivity index (χ2v) is 9.08. The van der Waals surface area contributed by atoms with Gasteiger partial charge in [-0.2, -0.15) is 4.39 Å². The predicted octanol–water partition coefficient (Wildman–Crippen LogP) is 4.86. The molecule has 0 amide bonds. The number of aryl methyl sites for hydroxylation is 1. The van der Waals surface area contributed by atoms with Gasteiger partial charge in [0.15, 0.2) is 23.0 Å². The van der Waals surface area contributed by atoms with E-state index >= 15 is 0 Å². The van der Waals surface area contributed by atoms with Gasteiger partial charge >= 0.3 is 5.97 Å². The molecule has 10 nitrogen and oxygen atoms in total. The molecule has 220 valence electrons. The molecule has 2 aromatic heterocycles. The number of anilines is 3. The lowest BCUT2D eigenvalue weighted by atomic mass is 10.1. The number of carbonyl (C=O) groups is 1. The van der Waals surface area contributed by atoms with Gasteiger partial charge in [-0.25, -0.2) is 14.4 Å². The molecular formula is C28H33ClF2N6O4. The second kappa shape index (κ2) is 14.6. The number of carboxylic acids is 1. The molecule has 4 aromatic rings. The molecule has 0 unspecified atom stereocenters. The van der Waals surface area contributed by atoms with Crippen LogP contribution in [0.4, 0.5) is 26.0 Å². The third-order valence-electron chi connectivity index (χ3n) is 6.30. The van der Waals surface area contributed by atoms with Crippen LogP contribution in [-0.4, -0.2) is 77.3 Å². The highest BCUT2D eigenvalue weighted by molar-refractivity contribution is 5.85. The van der Waals surface area contributed by atoms with Crippen LogP contribution in [0.2, 0.25) is 0 Å². The van der Waals surface area contributed by atoms with Gasteiger partial charge in [0.05, 0.1) is 38.8 Å². The number of nitrogens with one attached hydrogen (secondary N) is 2. The number of ether oxygens (including phenoxy) is 2. The Labute approximate surface area is 242 Å². The van der Waals surface area contributed by atoms with Crippen molar-refractivity contribution in [1.29, 1.82) is 0 Å².